The molecule has 2 aromatic carbocycles. The summed E-state index contributed by atoms with van der Waals surface area (Å²) in [6, 6.07) is 14.4. The summed E-state index contributed by atoms with van der Waals surface area (Å²) < 4.78 is 0. The Labute approximate surface area is 140 Å². The molecule has 2 N–H and O–H groups in total. The minimum Gasteiger partial charge on any atom is -0.366 e. The van der Waals surface area contributed by atoms with Crippen LogP contribution in [0.2, 0.25) is 0 Å². The van der Waals surface area contributed by atoms with Crippen LogP contribution < -0.4 is 10.7 Å². The lowest BCUT2D eigenvalue weighted by Crippen LogP contribution is -2.21. The van der Waals surface area contributed by atoms with Gasteiger partial charge in [-0.1, -0.05) is 29.8 Å². The first-order valence-corrected chi connectivity index (χ1v) is 7.54. The van der Waals surface area contributed by atoms with Gasteiger partial charge in [0.25, 0.3) is 5.91 Å². The number of rotatable bonds is 3. The molecule has 0 saturated heterocycles. The minimum absolute atomic E-state index is 0.195. The number of aryl methyl sites for hydroxylation is 1. The summed E-state index contributed by atoms with van der Waals surface area (Å²) in [7, 11) is 0. The second kappa shape index (κ2) is 6.12. The summed E-state index contributed by atoms with van der Waals surface area (Å²) in [5, 5.41) is 5.66. The number of nitrogens with two attached hydrogens (primary N) is 1. The topological polar surface area (TPSA) is 75.8 Å². The van der Waals surface area contributed by atoms with Gasteiger partial charge in [0.1, 0.15) is 0 Å². The second-order valence-corrected chi connectivity index (χ2v) is 5.68. The summed E-state index contributed by atoms with van der Waals surface area (Å²) in [6.07, 6.45) is 1.83. The van der Waals surface area contributed by atoms with Crippen molar-refractivity contribution in [3.05, 3.63) is 70.8 Å². The van der Waals surface area contributed by atoms with Gasteiger partial charge in [0.05, 0.1) is 17.0 Å². The first-order valence-electron chi connectivity index (χ1n) is 7.54. The van der Waals surface area contributed by atoms with Crippen LogP contribution in [0.1, 0.15) is 28.4 Å². The summed E-state index contributed by atoms with van der Waals surface area (Å²) in [5.41, 5.74) is 9.53. The molecule has 2 amide bonds. The van der Waals surface area contributed by atoms with Gasteiger partial charge in [-0.15, -0.1) is 0 Å². The molecule has 2 aromatic rings. The molecule has 0 aliphatic carbocycles. The zero-order chi connectivity index (χ0) is 17.3. The van der Waals surface area contributed by atoms with Gasteiger partial charge in [0, 0.05) is 5.56 Å². The molecule has 1 aliphatic heterocycles. The number of carbonyl (C=O) groups is 2. The molecule has 5 heteroatoms. The third-order valence-electron chi connectivity index (χ3n) is 3.85. The molecular weight excluding hydrogens is 302 g/mol. The minimum atomic E-state index is -0.506. The predicted molar refractivity (Wildman–Crippen MR) is 94.7 cm³/mol. The van der Waals surface area contributed by atoms with Crippen molar-refractivity contribution < 1.29 is 9.59 Å². The number of benzene rings is 2. The summed E-state index contributed by atoms with van der Waals surface area (Å²) >= 11 is 0. The van der Waals surface area contributed by atoms with E-state index in [0.29, 0.717) is 22.5 Å². The molecule has 24 heavy (non-hydrogen) atoms. The average Bonchev–Trinajstić information content (AvgIpc) is 2.85. The Morgan fingerprint density at radius 3 is 2.25 bits per heavy atom. The van der Waals surface area contributed by atoms with E-state index in [9.17, 15) is 9.59 Å². The Bertz CT molecular complexity index is 862. The van der Waals surface area contributed by atoms with Crippen molar-refractivity contribution in [2.75, 3.05) is 5.01 Å². The molecule has 1 aliphatic rings. The molecule has 0 atom stereocenters. The van der Waals surface area contributed by atoms with Gasteiger partial charge in [0.2, 0.25) is 5.91 Å². The molecule has 0 saturated carbocycles. The van der Waals surface area contributed by atoms with Crippen molar-refractivity contribution in [1.82, 2.24) is 0 Å². The van der Waals surface area contributed by atoms with Gasteiger partial charge >= 0.3 is 0 Å². The smallest absolute Gasteiger partial charge is 0.280 e. The lowest BCUT2D eigenvalue weighted by atomic mass is 10.1. The SMILES string of the molecule is CC1=NN(c2ccc(C(N)=O)cc2)C(=O)C1=Cc1ccc(C)cc1. The Kier molecular flexibility index (Phi) is 4.00. The van der Waals surface area contributed by atoms with E-state index in [4.69, 9.17) is 5.73 Å². The van der Waals surface area contributed by atoms with Gasteiger partial charge < -0.3 is 5.73 Å². The van der Waals surface area contributed by atoms with Crippen molar-refractivity contribution in [1.29, 1.82) is 0 Å². The standard InChI is InChI=1S/C19H17N3O2/c1-12-3-5-14(6-4-12)11-17-13(2)21-22(19(17)24)16-9-7-15(8-10-16)18(20)23/h3-11H,1-2H3,(H2,20,23). The van der Waals surface area contributed by atoms with Crippen LogP contribution in [-0.2, 0) is 4.79 Å². The van der Waals surface area contributed by atoms with E-state index in [2.05, 4.69) is 5.10 Å². The van der Waals surface area contributed by atoms with Gasteiger partial charge in [-0.3, -0.25) is 9.59 Å². The summed E-state index contributed by atoms with van der Waals surface area (Å²) in [5.74, 6) is -0.700. The van der Waals surface area contributed by atoms with Crippen LogP contribution in [0.15, 0.2) is 59.2 Å². The third-order valence-corrected chi connectivity index (χ3v) is 3.85. The first kappa shape index (κ1) is 15.7. The highest BCUT2D eigenvalue weighted by Crippen LogP contribution is 2.25. The lowest BCUT2D eigenvalue weighted by Gasteiger charge is -2.11. The fraction of sp³-hybridized carbons (Fsp3) is 0.105. The van der Waals surface area contributed by atoms with Crippen LogP contribution in [0.3, 0.4) is 0 Å². The lowest BCUT2D eigenvalue weighted by molar-refractivity contribution is -0.114. The maximum absolute atomic E-state index is 12.7. The zero-order valence-electron chi connectivity index (χ0n) is 13.5. The molecule has 1 heterocycles. The predicted octanol–water partition coefficient (Wildman–Crippen LogP) is 2.90. The zero-order valence-corrected chi connectivity index (χ0v) is 13.5. The van der Waals surface area contributed by atoms with E-state index in [-0.39, 0.29) is 5.91 Å². The van der Waals surface area contributed by atoms with Crippen molar-refractivity contribution in [3.8, 4) is 0 Å². The van der Waals surface area contributed by atoms with E-state index in [1.54, 1.807) is 31.2 Å². The van der Waals surface area contributed by atoms with Gasteiger partial charge in [0.15, 0.2) is 0 Å². The molecule has 0 spiro atoms. The second-order valence-electron chi connectivity index (χ2n) is 5.68. The van der Waals surface area contributed by atoms with Crippen molar-refractivity contribution >= 4 is 29.3 Å². The molecule has 0 unspecified atom stereocenters. The van der Waals surface area contributed by atoms with Crippen LogP contribution in [0.25, 0.3) is 6.08 Å². The van der Waals surface area contributed by atoms with Crippen LogP contribution in [-0.4, -0.2) is 17.5 Å². The van der Waals surface area contributed by atoms with Crippen molar-refractivity contribution in [2.45, 2.75) is 13.8 Å². The Balaban J connectivity index is 1.90. The largest absolute Gasteiger partial charge is 0.366 e. The van der Waals surface area contributed by atoms with E-state index < -0.39 is 5.91 Å². The van der Waals surface area contributed by atoms with Crippen LogP contribution >= 0.6 is 0 Å². The van der Waals surface area contributed by atoms with E-state index in [0.717, 1.165) is 11.1 Å². The molecule has 0 aromatic heterocycles. The molecule has 3 rings (SSSR count). The Hall–Kier alpha value is -3.21. The van der Waals surface area contributed by atoms with Crippen LogP contribution in [0.4, 0.5) is 5.69 Å². The average molecular weight is 319 g/mol. The van der Waals surface area contributed by atoms with Crippen molar-refractivity contribution in [3.63, 3.8) is 0 Å². The van der Waals surface area contributed by atoms with Crippen LogP contribution in [0.5, 0.6) is 0 Å². The van der Waals surface area contributed by atoms with Gasteiger partial charge in [-0.2, -0.15) is 10.1 Å². The number of hydrogen-bond donors (Lipinski definition) is 1. The molecular formula is C19H17N3O2. The first-order chi connectivity index (χ1) is 11.5. The highest BCUT2D eigenvalue weighted by Gasteiger charge is 2.28. The highest BCUT2D eigenvalue weighted by molar-refractivity contribution is 6.32. The fourth-order valence-electron chi connectivity index (χ4n) is 2.46. The fourth-order valence-corrected chi connectivity index (χ4v) is 2.46. The molecule has 5 nitrogen and oxygen atoms in total. The third kappa shape index (κ3) is 2.96. The van der Waals surface area contributed by atoms with E-state index in [1.165, 1.54) is 5.01 Å². The number of amides is 2. The number of hydrogen-bond acceptors (Lipinski definition) is 3. The monoisotopic (exact) mass is 319 g/mol. The van der Waals surface area contributed by atoms with Gasteiger partial charge in [-0.25, -0.2) is 0 Å². The van der Waals surface area contributed by atoms with Crippen molar-refractivity contribution in [2.24, 2.45) is 10.8 Å². The van der Waals surface area contributed by atoms with Crippen LogP contribution in [0, 0.1) is 6.92 Å². The van der Waals surface area contributed by atoms with E-state index >= 15 is 0 Å². The normalized spacial score (nSPS) is 15.8. The number of primary amides is 1. The maximum Gasteiger partial charge on any atom is 0.280 e. The number of hydrazone groups is 1. The van der Waals surface area contributed by atoms with E-state index in [1.807, 2.05) is 37.3 Å². The molecule has 0 radical (unpaired) electrons. The maximum atomic E-state index is 12.7. The quantitative estimate of drug-likeness (QED) is 0.883. The number of anilines is 1. The molecule has 120 valence electrons. The van der Waals surface area contributed by atoms with Gasteiger partial charge in [-0.05, 0) is 49.8 Å². The highest BCUT2D eigenvalue weighted by atomic mass is 16.2. The summed E-state index contributed by atoms with van der Waals surface area (Å²) in [6.45, 7) is 3.82. The number of nitrogens with zero attached hydrogens (tertiary/aromatic N) is 2. The molecule has 0 fully saturated rings. The summed E-state index contributed by atoms with van der Waals surface area (Å²) in [4.78, 5) is 23.8. The number of carbonyl (C=O) groups excluding carboxylic acids is 2. The Morgan fingerprint density at radius 2 is 1.67 bits per heavy atom. The molecule has 0 bridgehead atoms. The Morgan fingerprint density at radius 1 is 1.04 bits per heavy atom.